The lowest BCUT2D eigenvalue weighted by molar-refractivity contribution is 0.284. The molecule has 1 aliphatic carbocycles. The fourth-order valence-corrected chi connectivity index (χ4v) is 3.54. The minimum Gasteiger partial charge on any atom is -0.493 e. The second kappa shape index (κ2) is 7.27. The highest BCUT2D eigenvalue weighted by Gasteiger charge is 2.34. The molecule has 1 fully saturated rings. The molecule has 0 saturated heterocycles. The van der Waals surface area contributed by atoms with Crippen LogP contribution in [0.5, 0.6) is 5.75 Å². The summed E-state index contributed by atoms with van der Waals surface area (Å²) in [6.45, 7) is 4.24. The maximum absolute atomic E-state index is 5.57. The van der Waals surface area contributed by atoms with Crippen LogP contribution in [-0.2, 0) is 6.54 Å². The first kappa shape index (κ1) is 16.3. The van der Waals surface area contributed by atoms with Crippen LogP contribution >= 0.6 is 0 Å². The molecule has 3 unspecified atom stereocenters. The molecule has 1 aromatic rings. The summed E-state index contributed by atoms with van der Waals surface area (Å²) in [4.78, 5) is 2.19. The number of nitrogens with one attached hydrogen (secondary N) is 1. The lowest BCUT2D eigenvalue weighted by Gasteiger charge is -2.28. The van der Waals surface area contributed by atoms with Gasteiger partial charge in [0.1, 0.15) is 0 Å². The van der Waals surface area contributed by atoms with Crippen LogP contribution in [-0.4, -0.2) is 49.5 Å². The number of nitrogens with zero attached hydrogens (tertiary/aromatic N) is 3. The molecule has 1 saturated carbocycles. The van der Waals surface area contributed by atoms with Crippen molar-refractivity contribution in [1.82, 2.24) is 20.0 Å². The van der Waals surface area contributed by atoms with Crippen LogP contribution in [0.1, 0.15) is 37.9 Å². The number of likely N-dealkylation sites (N-methyl/N-ethyl adjacent to an activating group) is 1. The van der Waals surface area contributed by atoms with E-state index in [1.807, 2.05) is 6.20 Å². The van der Waals surface area contributed by atoms with Gasteiger partial charge >= 0.3 is 0 Å². The zero-order valence-electron chi connectivity index (χ0n) is 14.1. The van der Waals surface area contributed by atoms with E-state index in [2.05, 4.69) is 48.1 Å². The number of rotatable bonds is 7. The molecule has 0 radical (unpaired) electrons. The molecule has 1 aromatic heterocycles. The minimum atomic E-state index is 0.321. The smallest absolute Gasteiger partial charge is 0.161 e. The molecule has 1 N–H and O–H groups in total. The number of ether oxygens (including phenoxy) is 1. The summed E-state index contributed by atoms with van der Waals surface area (Å²) in [7, 11) is 7.98. The highest BCUT2D eigenvalue weighted by Crippen LogP contribution is 2.42. The van der Waals surface area contributed by atoms with Crippen molar-refractivity contribution in [3.05, 3.63) is 11.9 Å². The van der Waals surface area contributed by atoms with Gasteiger partial charge in [-0.3, -0.25) is 4.68 Å². The number of hydrogen-bond acceptors (Lipinski definition) is 4. The monoisotopic (exact) mass is 294 g/mol. The van der Waals surface area contributed by atoms with Crippen molar-refractivity contribution >= 4 is 0 Å². The molecule has 1 heterocycles. The summed E-state index contributed by atoms with van der Waals surface area (Å²) >= 11 is 0. The molecule has 1 aliphatic rings. The van der Waals surface area contributed by atoms with Crippen molar-refractivity contribution in [1.29, 1.82) is 0 Å². The maximum atomic E-state index is 5.57. The Kier molecular flexibility index (Phi) is 5.65. The van der Waals surface area contributed by atoms with Crippen molar-refractivity contribution in [2.45, 2.75) is 38.8 Å². The Hall–Kier alpha value is -1.07. The molecule has 0 bridgehead atoms. The minimum absolute atomic E-state index is 0.321. The first-order chi connectivity index (χ1) is 10.1. The Labute approximate surface area is 128 Å². The average Bonchev–Trinajstić information content (AvgIpc) is 3.05. The van der Waals surface area contributed by atoms with Crippen LogP contribution in [0, 0.1) is 11.8 Å². The van der Waals surface area contributed by atoms with E-state index in [0.29, 0.717) is 12.0 Å². The second-order valence-corrected chi connectivity index (χ2v) is 6.46. The third kappa shape index (κ3) is 3.58. The number of methoxy groups -OCH3 is 1. The third-order valence-corrected chi connectivity index (χ3v) is 4.79. The van der Waals surface area contributed by atoms with Crippen molar-refractivity contribution in [2.75, 3.05) is 34.8 Å². The fraction of sp³-hybridized carbons (Fsp3) is 0.812. The Balaban J connectivity index is 2.27. The zero-order valence-corrected chi connectivity index (χ0v) is 14.1. The highest BCUT2D eigenvalue weighted by molar-refractivity contribution is 5.29. The van der Waals surface area contributed by atoms with Crippen molar-refractivity contribution < 1.29 is 4.74 Å². The molecular formula is C16H30N4O. The predicted molar refractivity (Wildman–Crippen MR) is 85.6 cm³/mol. The summed E-state index contributed by atoms with van der Waals surface area (Å²) in [5, 5.41) is 8.07. The van der Waals surface area contributed by atoms with E-state index < -0.39 is 0 Å². The summed E-state index contributed by atoms with van der Waals surface area (Å²) in [6, 6.07) is 0.321. The van der Waals surface area contributed by atoms with Gasteiger partial charge in [-0.15, -0.1) is 0 Å². The normalized spacial score (nSPS) is 23.7. The second-order valence-electron chi connectivity index (χ2n) is 6.46. The van der Waals surface area contributed by atoms with Crippen LogP contribution in [0.25, 0.3) is 0 Å². The van der Waals surface area contributed by atoms with Gasteiger partial charge in [-0.1, -0.05) is 19.8 Å². The molecule has 3 atom stereocenters. The molecule has 0 aliphatic heterocycles. The van der Waals surface area contributed by atoms with Crippen LogP contribution in [0.4, 0.5) is 0 Å². The lowest BCUT2D eigenvalue weighted by atomic mass is 9.88. The molecular weight excluding hydrogens is 264 g/mol. The topological polar surface area (TPSA) is 42.3 Å². The van der Waals surface area contributed by atoms with Gasteiger partial charge in [0.05, 0.1) is 31.6 Å². The van der Waals surface area contributed by atoms with E-state index in [-0.39, 0.29) is 0 Å². The van der Waals surface area contributed by atoms with Crippen LogP contribution in [0.2, 0.25) is 0 Å². The predicted octanol–water partition coefficient (Wildman–Crippen LogP) is 2.15. The standard InChI is InChI=1S/C16H30N4O/c1-12-7-6-8-13(12)15(17-2)16-14(21-5)11-18-20(16)10-9-19(3)4/h11-13,15,17H,6-10H2,1-5H3. The van der Waals surface area contributed by atoms with E-state index >= 15 is 0 Å². The number of aromatic nitrogens is 2. The van der Waals surface area contributed by atoms with Gasteiger partial charge in [0.15, 0.2) is 5.75 Å². The number of hydrogen-bond donors (Lipinski definition) is 1. The quantitative estimate of drug-likeness (QED) is 0.837. The Bertz CT molecular complexity index is 443. The molecule has 21 heavy (non-hydrogen) atoms. The summed E-state index contributed by atoms with van der Waals surface area (Å²) in [5.74, 6) is 2.33. The average molecular weight is 294 g/mol. The van der Waals surface area contributed by atoms with Crippen molar-refractivity contribution in [3.8, 4) is 5.75 Å². The van der Waals surface area contributed by atoms with E-state index in [9.17, 15) is 0 Å². The van der Waals surface area contributed by atoms with Crippen molar-refractivity contribution in [2.24, 2.45) is 11.8 Å². The molecule has 5 heteroatoms. The lowest BCUT2D eigenvalue weighted by Crippen LogP contribution is -2.31. The Morgan fingerprint density at radius 2 is 2.24 bits per heavy atom. The molecule has 0 spiro atoms. The van der Waals surface area contributed by atoms with E-state index in [1.165, 1.54) is 25.0 Å². The zero-order chi connectivity index (χ0) is 15.4. The summed E-state index contributed by atoms with van der Waals surface area (Å²) < 4.78 is 7.69. The molecule has 0 amide bonds. The Morgan fingerprint density at radius 3 is 2.76 bits per heavy atom. The van der Waals surface area contributed by atoms with Crippen LogP contribution in [0.15, 0.2) is 6.20 Å². The van der Waals surface area contributed by atoms with Gasteiger partial charge in [0, 0.05) is 6.54 Å². The van der Waals surface area contributed by atoms with Gasteiger partial charge in [0.2, 0.25) is 0 Å². The van der Waals surface area contributed by atoms with Gasteiger partial charge in [-0.05, 0) is 39.4 Å². The van der Waals surface area contributed by atoms with Crippen molar-refractivity contribution in [3.63, 3.8) is 0 Å². The molecule has 120 valence electrons. The van der Waals surface area contributed by atoms with Gasteiger partial charge in [0.25, 0.3) is 0 Å². The van der Waals surface area contributed by atoms with Gasteiger partial charge in [-0.2, -0.15) is 5.10 Å². The summed E-state index contributed by atoms with van der Waals surface area (Å²) in [5.41, 5.74) is 1.21. The highest BCUT2D eigenvalue weighted by atomic mass is 16.5. The van der Waals surface area contributed by atoms with Gasteiger partial charge in [-0.25, -0.2) is 0 Å². The molecule has 0 aromatic carbocycles. The Morgan fingerprint density at radius 1 is 1.48 bits per heavy atom. The molecule has 2 rings (SSSR count). The SMILES string of the molecule is CNC(c1c(OC)cnn1CCN(C)C)C1CCCC1C. The van der Waals surface area contributed by atoms with E-state index in [0.717, 1.165) is 24.8 Å². The first-order valence-corrected chi connectivity index (χ1v) is 8.00. The van der Waals surface area contributed by atoms with E-state index in [1.54, 1.807) is 7.11 Å². The summed E-state index contributed by atoms with van der Waals surface area (Å²) in [6.07, 6.45) is 5.80. The maximum Gasteiger partial charge on any atom is 0.161 e. The molecule has 5 nitrogen and oxygen atoms in total. The largest absolute Gasteiger partial charge is 0.493 e. The van der Waals surface area contributed by atoms with Crippen LogP contribution in [0.3, 0.4) is 0 Å². The van der Waals surface area contributed by atoms with Crippen LogP contribution < -0.4 is 10.1 Å². The first-order valence-electron chi connectivity index (χ1n) is 8.00. The van der Waals surface area contributed by atoms with Gasteiger partial charge < -0.3 is 15.0 Å². The fourth-order valence-electron chi connectivity index (χ4n) is 3.54. The third-order valence-electron chi connectivity index (χ3n) is 4.79. The van der Waals surface area contributed by atoms with E-state index in [4.69, 9.17) is 4.74 Å².